The number of ether oxygens (including phenoxy) is 3. The van der Waals surface area contributed by atoms with E-state index < -0.39 is 6.16 Å². The van der Waals surface area contributed by atoms with Gasteiger partial charge in [-0.2, -0.15) is 0 Å². The van der Waals surface area contributed by atoms with Crippen molar-refractivity contribution in [3.05, 3.63) is 42.0 Å². The van der Waals surface area contributed by atoms with Gasteiger partial charge in [-0.05, 0) is 30.4 Å². The standard InChI is InChI=1S/C16H20O4/c1-2-13-6-8-14(9-7-13)11-18-10-4-3-5-15-12-19-16(17)20-15/h2,6-9,15H,1,3-5,10-12H2. The highest BCUT2D eigenvalue weighted by Crippen LogP contribution is 2.13. The van der Waals surface area contributed by atoms with E-state index in [0.29, 0.717) is 19.8 Å². The molecule has 1 atom stereocenters. The van der Waals surface area contributed by atoms with Gasteiger partial charge in [-0.3, -0.25) is 0 Å². The van der Waals surface area contributed by atoms with Gasteiger partial charge >= 0.3 is 6.16 Å². The van der Waals surface area contributed by atoms with Crippen molar-refractivity contribution in [1.29, 1.82) is 0 Å². The van der Waals surface area contributed by atoms with Crippen LogP contribution in [0.3, 0.4) is 0 Å². The molecule has 108 valence electrons. The van der Waals surface area contributed by atoms with Crippen LogP contribution in [0, 0.1) is 0 Å². The van der Waals surface area contributed by atoms with Crippen LogP contribution in [0.2, 0.25) is 0 Å². The molecule has 20 heavy (non-hydrogen) atoms. The average Bonchev–Trinajstić information content (AvgIpc) is 2.89. The molecule has 1 aliphatic rings. The Balaban J connectivity index is 1.52. The minimum atomic E-state index is -0.547. The summed E-state index contributed by atoms with van der Waals surface area (Å²) in [5, 5.41) is 0. The molecular weight excluding hydrogens is 256 g/mol. The molecule has 0 bridgehead atoms. The number of benzene rings is 1. The summed E-state index contributed by atoms with van der Waals surface area (Å²) in [5.74, 6) is 0. The fourth-order valence-corrected chi connectivity index (χ4v) is 2.02. The number of unbranched alkanes of at least 4 members (excludes halogenated alkanes) is 1. The summed E-state index contributed by atoms with van der Waals surface area (Å²) in [7, 11) is 0. The van der Waals surface area contributed by atoms with Gasteiger partial charge < -0.3 is 14.2 Å². The van der Waals surface area contributed by atoms with Crippen molar-refractivity contribution in [3.8, 4) is 0 Å². The number of carbonyl (C=O) groups excluding carboxylic acids is 1. The van der Waals surface area contributed by atoms with Crippen molar-refractivity contribution < 1.29 is 19.0 Å². The second kappa shape index (κ2) is 7.70. The summed E-state index contributed by atoms with van der Waals surface area (Å²) in [6, 6.07) is 8.15. The maximum Gasteiger partial charge on any atom is 0.508 e. The first-order valence-electron chi connectivity index (χ1n) is 6.90. The van der Waals surface area contributed by atoms with E-state index >= 15 is 0 Å². The number of cyclic esters (lactones) is 2. The minimum absolute atomic E-state index is 0.0750. The van der Waals surface area contributed by atoms with E-state index in [1.54, 1.807) is 0 Å². The van der Waals surface area contributed by atoms with Crippen LogP contribution in [0.15, 0.2) is 30.8 Å². The molecule has 0 amide bonds. The van der Waals surface area contributed by atoms with E-state index in [0.717, 1.165) is 30.4 Å². The average molecular weight is 276 g/mol. The van der Waals surface area contributed by atoms with Crippen LogP contribution in [-0.2, 0) is 20.8 Å². The maximum absolute atomic E-state index is 10.7. The molecule has 4 nitrogen and oxygen atoms in total. The Morgan fingerprint density at radius 1 is 1.30 bits per heavy atom. The molecular formula is C16H20O4. The van der Waals surface area contributed by atoms with E-state index in [-0.39, 0.29) is 6.10 Å². The molecule has 1 unspecified atom stereocenters. The van der Waals surface area contributed by atoms with Crippen LogP contribution in [0.25, 0.3) is 6.08 Å². The predicted molar refractivity (Wildman–Crippen MR) is 76.3 cm³/mol. The monoisotopic (exact) mass is 276 g/mol. The summed E-state index contributed by atoms with van der Waals surface area (Å²) >= 11 is 0. The Morgan fingerprint density at radius 3 is 2.75 bits per heavy atom. The third kappa shape index (κ3) is 4.70. The normalized spacial score (nSPS) is 17.6. The SMILES string of the molecule is C=Cc1ccc(COCCCCC2COC(=O)O2)cc1. The van der Waals surface area contributed by atoms with Crippen LogP contribution in [0.1, 0.15) is 30.4 Å². The number of hydrogen-bond acceptors (Lipinski definition) is 4. The second-order valence-corrected chi connectivity index (χ2v) is 4.79. The smallest absolute Gasteiger partial charge is 0.430 e. The van der Waals surface area contributed by atoms with Crippen LogP contribution >= 0.6 is 0 Å². The molecule has 4 heteroatoms. The lowest BCUT2D eigenvalue weighted by molar-refractivity contribution is 0.105. The molecule has 2 rings (SSSR count). The maximum atomic E-state index is 10.7. The minimum Gasteiger partial charge on any atom is -0.430 e. The van der Waals surface area contributed by atoms with Crippen molar-refractivity contribution in [1.82, 2.24) is 0 Å². The first kappa shape index (κ1) is 14.6. The molecule has 0 aromatic heterocycles. The van der Waals surface area contributed by atoms with Gasteiger partial charge in [-0.25, -0.2) is 4.79 Å². The van der Waals surface area contributed by atoms with Gasteiger partial charge in [0, 0.05) is 6.61 Å². The predicted octanol–water partition coefficient (Wildman–Crippen LogP) is 3.55. The fraction of sp³-hybridized carbons (Fsp3) is 0.438. The summed E-state index contributed by atoms with van der Waals surface area (Å²) in [6.45, 7) is 5.44. The van der Waals surface area contributed by atoms with E-state index in [1.807, 2.05) is 30.3 Å². The molecule has 1 fully saturated rings. The third-order valence-corrected chi connectivity index (χ3v) is 3.20. The Bertz CT molecular complexity index is 438. The first-order chi connectivity index (χ1) is 9.78. The van der Waals surface area contributed by atoms with E-state index in [4.69, 9.17) is 14.2 Å². The lowest BCUT2D eigenvalue weighted by Crippen LogP contribution is -2.09. The Hall–Kier alpha value is -1.81. The lowest BCUT2D eigenvalue weighted by atomic mass is 10.1. The zero-order valence-corrected chi connectivity index (χ0v) is 11.5. The lowest BCUT2D eigenvalue weighted by Gasteiger charge is -2.07. The van der Waals surface area contributed by atoms with Gasteiger partial charge in [0.25, 0.3) is 0 Å². The number of carbonyl (C=O) groups is 1. The van der Waals surface area contributed by atoms with Crippen molar-refractivity contribution in [3.63, 3.8) is 0 Å². The number of rotatable bonds is 8. The quantitative estimate of drug-likeness (QED) is 0.538. The summed E-state index contributed by atoms with van der Waals surface area (Å²) < 4.78 is 15.3. The van der Waals surface area contributed by atoms with Gasteiger partial charge in [0.1, 0.15) is 12.7 Å². The molecule has 0 spiro atoms. The highest BCUT2D eigenvalue weighted by Gasteiger charge is 2.23. The summed E-state index contributed by atoms with van der Waals surface area (Å²) in [6.07, 6.45) is 3.96. The highest BCUT2D eigenvalue weighted by atomic mass is 16.8. The fourth-order valence-electron chi connectivity index (χ4n) is 2.02. The molecule has 0 N–H and O–H groups in total. The van der Waals surface area contributed by atoms with E-state index in [2.05, 4.69) is 6.58 Å². The second-order valence-electron chi connectivity index (χ2n) is 4.79. The molecule has 1 aromatic rings. The zero-order chi connectivity index (χ0) is 14.2. The van der Waals surface area contributed by atoms with Gasteiger partial charge in [0.15, 0.2) is 0 Å². The summed E-state index contributed by atoms with van der Waals surface area (Å²) in [5.41, 5.74) is 2.27. The summed E-state index contributed by atoms with van der Waals surface area (Å²) in [4.78, 5) is 10.7. The Kier molecular flexibility index (Phi) is 5.62. The topological polar surface area (TPSA) is 44.8 Å². The molecule has 1 heterocycles. The zero-order valence-electron chi connectivity index (χ0n) is 11.5. The van der Waals surface area contributed by atoms with Crippen molar-refractivity contribution in [2.75, 3.05) is 13.2 Å². The van der Waals surface area contributed by atoms with E-state index in [1.165, 1.54) is 0 Å². The largest absolute Gasteiger partial charge is 0.508 e. The van der Waals surface area contributed by atoms with Crippen molar-refractivity contribution in [2.45, 2.75) is 32.0 Å². The van der Waals surface area contributed by atoms with Gasteiger partial charge in [0.05, 0.1) is 6.61 Å². The van der Waals surface area contributed by atoms with Crippen molar-refractivity contribution in [2.24, 2.45) is 0 Å². The van der Waals surface area contributed by atoms with Gasteiger partial charge in [-0.1, -0.05) is 36.9 Å². The van der Waals surface area contributed by atoms with Crippen LogP contribution in [-0.4, -0.2) is 25.5 Å². The molecule has 0 saturated carbocycles. The Labute approximate surface area is 119 Å². The van der Waals surface area contributed by atoms with Gasteiger partial charge in [0.2, 0.25) is 0 Å². The molecule has 1 aromatic carbocycles. The van der Waals surface area contributed by atoms with E-state index in [9.17, 15) is 4.79 Å². The van der Waals surface area contributed by atoms with Crippen LogP contribution in [0.4, 0.5) is 4.79 Å². The van der Waals surface area contributed by atoms with Crippen molar-refractivity contribution >= 4 is 12.2 Å². The van der Waals surface area contributed by atoms with Gasteiger partial charge in [-0.15, -0.1) is 0 Å². The molecule has 0 radical (unpaired) electrons. The van der Waals surface area contributed by atoms with Crippen LogP contribution in [0.5, 0.6) is 0 Å². The third-order valence-electron chi connectivity index (χ3n) is 3.20. The molecule has 0 aliphatic carbocycles. The Morgan fingerprint density at radius 2 is 2.10 bits per heavy atom. The molecule has 1 saturated heterocycles. The number of hydrogen-bond donors (Lipinski definition) is 0. The molecule has 1 aliphatic heterocycles. The first-order valence-corrected chi connectivity index (χ1v) is 6.90. The van der Waals surface area contributed by atoms with Crippen LogP contribution < -0.4 is 0 Å². The highest BCUT2D eigenvalue weighted by molar-refractivity contribution is 5.61.